The summed E-state index contributed by atoms with van der Waals surface area (Å²) in [4.78, 5) is 29.5. The molecule has 9 heteroatoms. The number of carbonyl (C=O) groups excluding carboxylic acids is 2. The molecular formula is C19H19ClFN3O3S. The minimum absolute atomic E-state index is 0.00157. The number of nitrogens with zero attached hydrogens (tertiary/aromatic N) is 1. The summed E-state index contributed by atoms with van der Waals surface area (Å²) in [5, 5.41) is 6.92. The fraction of sp³-hybridized carbons (Fsp3) is 0.421. The Kier molecular flexibility index (Phi) is 4.58. The SMILES string of the molecule is Cc1nc(C)c(C(=O)NC23CC(NC(=O)COc4ccc(Cl)c(F)c4)(C2)C3)s1. The van der Waals surface area contributed by atoms with Crippen LogP contribution in [-0.2, 0) is 4.79 Å². The molecule has 3 aliphatic rings. The van der Waals surface area contributed by atoms with Gasteiger partial charge < -0.3 is 15.4 Å². The fourth-order valence-corrected chi connectivity index (χ4v) is 5.07. The molecule has 0 saturated heterocycles. The van der Waals surface area contributed by atoms with Crippen LogP contribution in [0.3, 0.4) is 0 Å². The summed E-state index contributed by atoms with van der Waals surface area (Å²) in [5.41, 5.74) is 0.220. The second-order valence-corrected chi connectivity index (χ2v) is 9.22. The number of thiazole rings is 1. The van der Waals surface area contributed by atoms with Crippen molar-refractivity contribution in [2.45, 2.75) is 44.2 Å². The van der Waals surface area contributed by atoms with Crippen LogP contribution in [0.15, 0.2) is 18.2 Å². The minimum Gasteiger partial charge on any atom is -0.484 e. The van der Waals surface area contributed by atoms with Gasteiger partial charge in [0.05, 0.1) is 15.7 Å². The summed E-state index contributed by atoms with van der Waals surface area (Å²) < 4.78 is 18.7. The number of halogens is 2. The van der Waals surface area contributed by atoms with Gasteiger partial charge in [0, 0.05) is 17.1 Å². The third-order valence-corrected chi connectivity index (χ3v) is 6.56. The lowest BCUT2D eigenvalue weighted by Gasteiger charge is -2.70. The number of aryl methyl sites for hydroxylation is 2. The maximum Gasteiger partial charge on any atom is 0.263 e. The van der Waals surface area contributed by atoms with Gasteiger partial charge >= 0.3 is 0 Å². The highest BCUT2D eigenvalue weighted by Crippen LogP contribution is 2.60. The Labute approximate surface area is 170 Å². The van der Waals surface area contributed by atoms with E-state index in [1.54, 1.807) is 0 Å². The van der Waals surface area contributed by atoms with Gasteiger partial charge in [-0.2, -0.15) is 0 Å². The first-order chi connectivity index (χ1) is 13.2. The number of benzene rings is 1. The van der Waals surface area contributed by atoms with E-state index < -0.39 is 5.82 Å². The van der Waals surface area contributed by atoms with Crippen molar-refractivity contribution >= 4 is 34.8 Å². The molecule has 1 aromatic carbocycles. The van der Waals surface area contributed by atoms with Crippen molar-refractivity contribution in [3.8, 4) is 5.75 Å². The molecule has 6 nitrogen and oxygen atoms in total. The van der Waals surface area contributed by atoms with Crippen LogP contribution < -0.4 is 15.4 Å². The molecule has 0 spiro atoms. The highest BCUT2D eigenvalue weighted by molar-refractivity contribution is 7.13. The average molecular weight is 424 g/mol. The van der Waals surface area contributed by atoms with Crippen LogP contribution in [0.5, 0.6) is 5.75 Å². The van der Waals surface area contributed by atoms with Crippen molar-refractivity contribution in [3.63, 3.8) is 0 Å². The van der Waals surface area contributed by atoms with E-state index in [-0.39, 0.29) is 40.3 Å². The van der Waals surface area contributed by atoms with Crippen molar-refractivity contribution in [1.29, 1.82) is 0 Å². The van der Waals surface area contributed by atoms with E-state index in [1.165, 1.54) is 23.5 Å². The Hall–Kier alpha value is -2.19. The van der Waals surface area contributed by atoms with Gasteiger partial charge in [0.15, 0.2) is 6.61 Å². The number of ether oxygens (including phenoxy) is 1. The molecule has 3 fully saturated rings. The molecule has 28 heavy (non-hydrogen) atoms. The Balaban J connectivity index is 1.25. The summed E-state index contributed by atoms with van der Waals surface area (Å²) in [6, 6.07) is 4.03. The van der Waals surface area contributed by atoms with E-state index in [0.29, 0.717) is 24.1 Å². The van der Waals surface area contributed by atoms with Crippen LogP contribution >= 0.6 is 22.9 Å². The summed E-state index contributed by atoms with van der Waals surface area (Å²) >= 11 is 7.00. The van der Waals surface area contributed by atoms with Gasteiger partial charge in [-0.05, 0) is 45.2 Å². The molecular weight excluding hydrogens is 405 g/mol. The van der Waals surface area contributed by atoms with E-state index in [0.717, 1.165) is 16.8 Å². The Morgan fingerprint density at radius 2 is 1.93 bits per heavy atom. The van der Waals surface area contributed by atoms with Gasteiger partial charge in [-0.25, -0.2) is 9.37 Å². The predicted molar refractivity (Wildman–Crippen MR) is 103 cm³/mol. The quantitative estimate of drug-likeness (QED) is 0.748. The monoisotopic (exact) mass is 423 g/mol. The zero-order valence-corrected chi connectivity index (χ0v) is 17.0. The van der Waals surface area contributed by atoms with Gasteiger partial charge in [0.2, 0.25) is 0 Å². The van der Waals surface area contributed by atoms with Crippen LogP contribution in [0.1, 0.15) is 39.6 Å². The van der Waals surface area contributed by atoms with Crippen molar-refractivity contribution in [2.75, 3.05) is 6.61 Å². The molecule has 2 aromatic rings. The molecule has 148 valence electrons. The molecule has 3 aliphatic carbocycles. The van der Waals surface area contributed by atoms with Crippen LogP contribution in [0, 0.1) is 19.7 Å². The lowest BCUT2D eigenvalue weighted by atomic mass is 9.44. The summed E-state index contributed by atoms with van der Waals surface area (Å²) in [7, 11) is 0. The van der Waals surface area contributed by atoms with Crippen LogP contribution in [0.25, 0.3) is 0 Å². The molecule has 5 rings (SSSR count). The maximum atomic E-state index is 13.4. The standard InChI is InChI=1S/C19H19ClFN3O3S/c1-10-16(28-11(2)22-10)17(26)24-19-7-18(8-19,9-19)23-15(25)6-27-12-3-4-13(20)14(21)5-12/h3-5H,6-9H2,1-2H3,(H,23,25)(H,24,26). The number of aromatic nitrogens is 1. The van der Waals surface area contributed by atoms with Gasteiger partial charge in [0.1, 0.15) is 16.4 Å². The summed E-state index contributed by atoms with van der Waals surface area (Å²) in [6.45, 7) is 3.50. The third-order valence-electron chi connectivity index (χ3n) is 5.18. The van der Waals surface area contributed by atoms with E-state index in [9.17, 15) is 14.0 Å². The van der Waals surface area contributed by atoms with E-state index >= 15 is 0 Å². The number of amides is 2. The first-order valence-electron chi connectivity index (χ1n) is 8.85. The molecule has 2 bridgehead atoms. The number of hydrogen-bond acceptors (Lipinski definition) is 5. The molecule has 0 atom stereocenters. The molecule has 0 radical (unpaired) electrons. The average Bonchev–Trinajstić information content (AvgIpc) is 2.91. The van der Waals surface area contributed by atoms with Gasteiger partial charge in [0.25, 0.3) is 11.8 Å². The number of rotatable bonds is 6. The van der Waals surface area contributed by atoms with E-state index in [1.807, 2.05) is 13.8 Å². The van der Waals surface area contributed by atoms with Crippen LogP contribution in [-0.4, -0.2) is 34.5 Å². The van der Waals surface area contributed by atoms with E-state index in [4.69, 9.17) is 16.3 Å². The van der Waals surface area contributed by atoms with Crippen LogP contribution in [0.4, 0.5) is 4.39 Å². The Morgan fingerprint density at radius 3 is 2.54 bits per heavy atom. The van der Waals surface area contributed by atoms with Crippen molar-refractivity contribution < 1.29 is 18.7 Å². The minimum atomic E-state index is -0.594. The summed E-state index contributed by atoms with van der Waals surface area (Å²) in [6.07, 6.45) is 2.09. The molecule has 2 amide bonds. The topological polar surface area (TPSA) is 80.3 Å². The first-order valence-corrected chi connectivity index (χ1v) is 10.0. The lowest BCUT2D eigenvalue weighted by molar-refractivity contribution is -0.141. The van der Waals surface area contributed by atoms with Gasteiger partial charge in [-0.3, -0.25) is 9.59 Å². The lowest BCUT2D eigenvalue weighted by Crippen LogP contribution is -2.84. The highest BCUT2D eigenvalue weighted by atomic mass is 35.5. The van der Waals surface area contributed by atoms with E-state index in [2.05, 4.69) is 15.6 Å². The van der Waals surface area contributed by atoms with Crippen molar-refractivity contribution in [3.05, 3.63) is 44.6 Å². The highest BCUT2D eigenvalue weighted by Gasteiger charge is 2.69. The van der Waals surface area contributed by atoms with Crippen molar-refractivity contribution in [2.24, 2.45) is 0 Å². The Morgan fingerprint density at radius 1 is 1.25 bits per heavy atom. The molecule has 1 aromatic heterocycles. The molecule has 0 unspecified atom stereocenters. The number of nitrogens with one attached hydrogen (secondary N) is 2. The fourth-order valence-electron chi connectivity index (χ4n) is 4.14. The molecule has 0 aliphatic heterocycles. The largest absolute Gasteiger partial charge is 0.484 e. The zero-order chi connectivity index (χ0) is 20.1. The number of hydrogen-bond donors (Lipinski definition) is 2. The third kappa shape index (κ3) is 3.46. The molecule has 1 heterocycles. The molecule has 3 saturated carbocycles. The predicted octanol–water partition coefficient (Wildman–Crippen LogP) is 3.15. The first kappa shape index (κ1) is 19.1. The smallest absolute Gasteiger partial charge is 0.263 e. The van der Waals surface area contributed by atoms with Crippen LogP contribution in [0.2, 0.25) is 5.02 Å². The zero-order valence-electron chi connectivity index (χ0n) is 15.4. The second kappa shape index (κ2) is 6.70. The Bertz CT molecular complexity index is 958. The maximum absolute atomic E-state index is 13.4. The summed E-state index contributed by atoms with van der Waals surface area (Å²) in [5.74, 6) is -0.726. The number of carbonyl (C=O) groups is 2. The molecule has 2 N–H and O–H groups in total. The van der Waals surface area contributed by atoms with Gasteiger partial charge in [-0.1, -0.05) is 11.6 Å². The van der Waals surface area contributed by atoms with Crippen molar-refractivity contribution in [1.82, 2.24) is 15.6 Å². The normalized spacial score (nSPS) is 24.7. The van der Waals surface area contributed by atoms with Gasteiger partial charge in [-0.15, -0.1) is 11.3 Å². The second-order valence-electron chi connectivity index (χ2n) is 7.61.